The number of urea groups is 1. The van der Waals surface area contributed by atoms with Crippen LogP contribution < -0.4 is 14.8 Å². The van der Waals surface area contributed by atoms with Gasteiger partial charge in [0, 0.05) is 24.4 Å². The van der Waals surface area contributed by atoms with Gasteiger partial charge in [-0.25, -0.2) is 4.79 Å². The SMILES string of the molecule is COc1ccc(NC(=O)N2CC[C@H](SC)C2)c(OC)c1. The number of carbonyl (C=O) groups is 1. The van der Waals surface area contributed by atoms with Crippen molar-refractivity contribution in [3.05, 3.63) is 18.2 Å². The number of amides is 2. The second-order valence-electron chi connectivity index (χ2n) is 4.59. The van der Waals surface area contributed by atoms with Crippen molar-refractivity contribution in [2.24, 2.45) is 0 Å². The molecule has 1 aliphatic heterocycles. The number of nitrogens with one attached hydrogen (secondary N) is 1. The molecule has 0 spiro atoms. The van der Waals surface area contributed by atoms with E-state index in [1.54, 1.807) is 32.4 Å². The molecular weight excluding hydrogens is 276 g/mol. The van der Waals surface area contributed by atoms with Gasteiger partial charge in [0.05, 0.1) is 19.9 Å². The number of hydrogen-bond donors (Lipinski definition) is 1. The normalized spacial score (nSPS) is 17.9. The second kappa shape index (κ2) is 6.74. The zero-order valence-electron chi connectivity index (χ0n) is 12.0. The molecule has 1 fully saturated rings. The monoisotopic (exact) mass is 296 g/mol. The lowest BCUT2D eigenvalue weighted by Crippen LogP contribution is -2.33. The van der Waals surface area contributed by atoms with Crippen molar-refractivity contribution in [3.63, 3.8) is 0 Å². The molecule has 0 saturated carbocycles. The van der Waals surface area contributed by atoms with E-state index in [9.17, 15) is 4.79 Å². The summed E-state index contributed by atoms with van der Waals surface area (Å²) >= 11 is 1.81. The average molecular weight is 296 g/mol. The molecule has 2 rings (SSSR count). The highest BCUT2D eigenvalue weighted by Crippen LogP contribution is 2.29. The van der Waals surface area contributed by atoms with Crippen LogP contribution in [0.3, 0.4) is 0 Å². The molecule has 1 heterocycles. The van der Waals surface area contributed by atoms with Gasteiger partial charge in [0.25, 0.3) is 0 Å². The lowest BCUT2D eigenvalue weighted by Gasteiger charge is -2.18. The van der Waals surface area contributed by atoms with Crippen LogP contribution in [0.1, 0.15) is 6.42 Å². The first-order valence-electron chi connectivity index (χ1n) is 6.48. The minimum Gasteiger partial charge on any atom is -0.497 e. The zero-order valence-corrected chi connectivity index (χ0v) is 12.8. The fraction of sp³-hybridized carbons (Fsp3) is 0.500. The van der Waals surface area contributed by atoms with Crippen LogP contribution in [-0.4, -0.2) is 49.7 Å². The number of nitrogens with zero attached hydrogens (tertiary/aromatic N) is 1. The Kier molecular flexibility index (Phi) is 5.00. The number of methoxy groups -OCH3 is 2. The van der Waals surface area contributed by atoms with E-state index in [2.05, 4.69) is 11.6 Å². The lowest BCUT2D eigenvalue weighted by molar-refractivity contribution is 0.222. The summed E-state index contributed by atoms with van der Waals surface area (Å²) in [5, 5.41) is 3.44. The Bertz CT molecular complexity index is 481. The molecule has 0 unspecified atom stereocenters. The van der Waals surface area contributed by atoms with Gasteiger partial charge < -0.3 is 19.7 Å². The first-order chi connectivity index (χ1) is 9.67. The zero-order chi connectivity index (χ0) is 14.5. The second-order valence-corrected chi connectivity index (χ2v) is 5.73. The molecule has 5 nitrogen and oxygen atoms in total. The molecule has 1 aromatic carbocycles. The molecule has 1 aromatic rings. The Morgan fingerprint density at radius 2 is 2.20 bits per heavy atom. The van der Waals surface area contributed by atoms with E-state index in [1.807, 2.05) is 16.7 Å². The van der Waals surface area contributed by atoms with Crippen molar-refractivity contribution >= 4 is 23.5 Å². The van der Waals surface area contributed by atoms with Crippen molar-refractivity contribution in [1.82, 2.24) is 4.90 Å². The number of thioether (sulfide) groups is 1. The summed E-state index contributed by atoms with van der Waals surface area (Å²) in [4.78, 5) is 14.1. The summed E-state index contributed by atoms with van der Waals surface area (Å²) in [6.07, 6.45) is 3.13. The number of likely N-dealkylation sites (tertiary alicyclic amines) is 1. The van der Waals surface area contributed by atoms with E-state index in [4.69, 9.17) is 9.47 Å². The van der Waals surface area contributed by atoms with Gasteiger partial charge in [-0.15, -0.1) is 0 Å². The Morgan fingerprint density at radius 1 is 1.40 bits per heavy atom. The summed E-state index contributed by atoms with van der Waals surface area (Å²) in [5.41, 5.74) is 0.658. The Hall–Kier alpha value is -1.56. The van der Waals surface area contributed by atoms with Crippen LogP contribution in [-0.2, 0) is 0 Å². The largest absolute Gasteiger partial charge is 0.497 e. The van der Waals surface area contributed by atoms with Crippen molar-refractivity contribution < 1.29 is 14.3 Å². The van der Waals surface area contributed by atoms with Gasteiger partial charge in [-0.3, -0.25) is 0 Å². The van der Waals surface area contributed by atoms with Crippen molar-refractivity contribution in [3.8, 4) is 11.5 Å². The molecular formula is C14H20N2O3S. The van der Waals surface area contributed by atoms with Gasteiger partial charge in [-0.05, 0) is 24.8 Å². The van der Waals surface area contributed by atoms with Crippen LogP contribution in [0.5, 0.6) is 11.5 Å². The third-order valence-electron chi connectivity index (χ3n) is 3.42. The number of rotatable bonds is 4. The van der Waals surface area contributed by atoms with Crippen LogP contribution >= 0.6 is 11.8 Å². The van der Waals surface area contributed by atoms with E-state index < -0.39 is 0 Å². The van der Waals surface area contributed by atoms with Gasteiger partial charge in [0.15, 0.2) is 0 Å². The third-order valence-corrected chi connectivity index (χ3v) is 4.47. The van der Waals surface area contributed by atoms with Crippen molar-refractivity contribution in [2.45, 2.75) is 11.7 Å². The van der Waals surface area contributed by atoms with Crippen molar-refractivity contribution in [2.75, 3.05) is 38.9 Å². The summed E-state index contributed by atoms with van der Waals surface area (Å²) in [7, 11) is 3.17. The molecule has 0 aliphatic carbocycles. The molecule has 20 heavy (non-hydrogen) atoms. The standard InChI is InChI=1S/C14H20N2O3S/c1-18-10-4-5-12(13(8-10)19-2)15-14(17)16-7-6-11(9-16)20-3/h4-5,8,11H,6-7,9H2,1-3H3,(H,15,17)/t11-/m0/s1. The Morgan fingerprint density at radius 3 is 2.80 bits per heavy atom. The van der Waals surface area contributed by atoms with Crippen molar-refractivity contribution in [1.29, 1.82) is 0 Å². The number of benzene rings is 1. The molecule has 1 saturated heterocycles. The first kappa shape index (κ1) is 14.8. The minimum absolute atomic E-state index is 0.0787. The van der Waals surface area contributed by atoms with E-state index in [0.29, 0.717) is 22.4 Å². The Labute approximate surface area is 123 Å². The molecule has 0 aromatic heterocycles. The number of anilines is 1. The molecule has 6 heteroatoms. The number of hydrogen-bond acceptors (Lipinski definition) is 4. The van der Waals surface area contributed by atoms with Crippen LogP contribution in [0.2, 0.25) is 0 Å². The van der Waals surface area contributed by atoms with E-state index in [-0.39, 0.29) is 6.03 Å². The summed E-state index contributed by atoms with van der Waals surface area (Å²) in [6.45, 7) is 1.60. The lowest BCUT2D eigenvalue weighted by atomic mass is 10.2. The van der Waals surface area contributed by atoms with Crippen LogP contribution in [0, 0.1) is 0 Å². The number of ether oxygens (including phenoxy) is 2. The summed E-state index contributed by atoms with van der Waals surface area (Å²) < 4.78 is 10.4. The molecule has 110 valence electrons. The van der Waals surface area contributed by atoms with Gasteiger partial charge in [0.1, 0.15) is 11.5 Å². The van der Waals surface area contributed by atoms with E-state index >= 15 is 0 Å². The maximum Gasteiger partial charge on any atom is 0.321 e. The third kappa shape index (κ3) is 3.30. The average Bonchev–Trinajstić information content (AvgIpc) is 2.96. The van der Waals surface area contributed by atoms with Gasteiger partial charge in [-0.1, -0.05) is 0 Å². The van der Waals surface area contributed by atoms with Crippen LogP contribution in [0.25, 0.3) is 0 Å². The molecule has 2 amide bonds. The predicted octanol–water partition coefficient (Wildman–Crippen LogP) is 2.67. The highest BCUT2D eigenvalue weighted by molar-refractivity contribution is 7.99. The smallest absolute Gasteiger partial charge is 0.321 e. The molecule has 1 N–H and O–H groups in total. The van der Waals surface area contributed by atoms with E-state index in [1.165, 1.54) is 0 Å². The van der Waals surface area contributed by atoms with Gasteiger partial charge in [0.2, 0.25) is 0 Å². The van der Waals surface area contributed by atoms with E-state index in [0.717, 1.165) is 19.5 Å². The first-order valence-corrected chi connectivity index (χ1v) is 7.77. The van der Waals surface area contributed by atoms with Gasteiger partial charge in [-0.2, -0.15) is 11.8 Å². The molecule has 1 atom stereocenters. The maximum atomic E-state index is 12.2. The fourth-order valence-corrected chi connectivity index (χ4v) is 2.87. The Balaban J connectivity index is 2.04. The highest BCUT2D eigenvalue weighted by atomic mass is 32.2. The maximum absolute atomic E-state index is 12.2. The predicted molar refractivity (Wildman–Crippen MR) is 82.1 cm³/mol. The quantitative estimate of drug-likeness (QED) is 0.928. The van der Waals surface area contributed by atoms with Crippen LogP contribution in [0.15, 0.2) is 18.2 Å². The molecule has 0 radical (unpaired) electrons. The number of carbonyl (C=O) groups excluding carboxylic acids is 1. The molecule has 0 bridgehead atoms. The summed E-state index contributed by atoms with van der Waals surface area (Å²) in [5.74, 6) is 1.29. The van der Waals surface area contributed by atoms with Gasteiger partial charge >= 0.3 is 6.03 Å². The molecule has 1 aliphatic rings. The topological polar surface area (TPSA) is 50.8 Å². The van der Waals surface area contributed by atoms with Crippen LogP contribution in [0.4, 0.5) is 10.5 Å². The highest BCUT2D eigenvalue weighted by Gasteiger charge is 2.26. The fourth-order valence-electron chi connectivity index (χ4n) is 2.20. The minimum atomic E-state index is -0.0787. The summed E-state index contributed by atoms with van der Waals surface area (Å²) in [6, 6.07) is 5.26.